The van der Waals surface area contributed by atoms with E-state index in [9.17, 15) is 8.78 Å². The number of nitrogens with zero attached hydrogens (tertiary/aromatic N) is 4. The van der Waals surface area contributed by atoms with Gasteiger partial charge in [0, 0.05) is 12.4 Å². The predicted octanol–water partition coefficient (Wildman–Crippen LogP) is 0.695. The third-order valence-corrected chi connectivity index (χ3v) is 1.91. The molecule has 8 heteroatoms. The third kappa shape index (κ3) is 2.78. The van der Waals surface area contributed by atoms with Crippen LogP contribution < -0.4 is 0 Å². The Kier molecular flexibility index (Phi) is 3.33. The van der Waals surface area contributed by atoms with E-state index in [1.807, 2.05) is 0 Å². The van der Waals surface area contributed by atoms with Crippen LogP contribution in [0.3, 0.4) is 0 Å². The van der Waals surface area contributed by atoms with Gasteiger partial charge in [0.2, 0.25) is 17.5 Å². The molecule has 1 unspecified atom stereocenters. The highest BCUT2D eigenvalue weighted by atomic mass is 19.3. The summed E-state index contributed by atoms with van der Waals surface area (Å²) in [5.74, 6) is 0.247. The van der Waals surface area contributed by atoms with Gasteiger partial charge >= 0.3 is 0 Å². The monoisotopic (exact) mass is 242 g/mol. The van der Waals surface area contributed by atoms with Crippen molar-refractivity contribution in [2.24, 2.45) is 0 Å². The van der Waals surface area contributed by atoms with E-state index in [2.05, 4.69) is 20.1 Å². The quantitative estimate of drug-likeness (QED) is 0.849. The maximum atomic E-state index is 12.1. The fraction of sp³-hybridized carbons (Fsp3) is 0.333. The third-order valence-electron chi connectivity index (χ3n) is 1.91. The van der Waals surface area contributed by atoms with Crippen molar-refractivity contribution in [1.82, 2.24) is 20.1 Å². The average Bonchev–Trinajstić information content (AvgIpc) is 2.78. The van der Waals surface area contributed by atoms with Gasteiger partial charge in [-0.05, 0) is 6.07 Å². The number of aliphatic hydroxyl groups is 1. The highest BCUT2D eigenvalue weighted by molar-refractivity contribution is 5.40. The van der Waals surface area contributed by atoms with Gasteiger partial charge in [-0.2, -0.15) is 4.98 Å². The highest BCUT2D eigenvalue weighted by Gasteiger charge is 2.21. The van der Waals surface area contributed by atoms with Gasteiger partial charge in [0.25, 0.3) is 6.43 Å². The first-order valence-corrected chi connectivity index (χ1v) is 4.73. The summed E-state index contributed by atoms with van der Waals surface area (Å²) >= 11 is 0. The number of hydrogen-bond acceptors (Lipinski definition) is 6. The predicted molar refractivity (Wildman–Crippen MR) is 51.0 cm³/mol. The Labute approximate surface area is 94.3 Å². The van der Waals surface area contributed by atoms with Gasteiger partial charge in [-0.1, -0.05) is 5.16 Å². The van der Waals surface area contributed by atoms with Crippen molar-refractivity contribution in [2.75, 3.05) is 0 Å². The van der Waals surface area contributed by atoms with E-state index in [0.29, 0.717) is 0 Å². The van der Waals surface area contributed by atoms with Crippen LogP contribution in [0.4, 0.5) is 8.78 Å². The molecule has 1 N–H and O–H groups in total. The second-order valence-corrected chi connectivity index (χ2v) is 3.19. The lowest BCUT2D eigenvalue weighted by Crippen LogP contribution is -2.20. The van der Waals surface area contributed by atoms with Gasteiger partial charge in [0.1, 0.15) is 6.10 Å². The Bertz CT molecular complexity index is 477. The Morgan fingerprint density at radius 3 is 2.59 bits per heavy atom. The number of hydrogen-bond donors (Lipinski definition) is 1. The Morgan fingerprint density at radius 2 is 1.94 bits per heavy atom. The zero-order valence-electron chi connectivity index (χ0n) is 8.49. The second-order valence-electron chi connectivity index (χ2n) is 3.19. The number of aromatic nitrogens is 4. The van der Waals surface area contributed by atoms with Crippen LogP contribution >= 0.6 is 0 Å². The van der Waals surface area contributed by atoms with Gasteiger partial charge in [0.15, 0.2) is 0 Å². The minimum absolute atomic E-state index is 0.0831. The van der Waals surface area contributed by atoms with Crippen molar-refractivity contribution >= 4 is 0 Å². The Balaban J connectivity index is 2.12. The summed E-state index contributed by atoms with van der Waals surface area (Å²) in [7, 11) is 0. The summed E-state index contributed by atoms with van der Waals surface area (Å²) in [6.45, 7) is 0. The van der Waals surface area contributed by atoms with Crippen molar-refractivity contribution in [3.05, 3.63) is 24.4 Å². The SMILES string of the molecule is OC(Cc1nc(-c2ncccn2)no1)C(F)F. The van der Waals surface area contributed by atoms with Gasteiger partial charge in [-0.15, -0.1) is 0 Å². The Morgan fingerprint density at radius 1 is 1.24 bits per heavy atom. The molecule has 0 fully saturated rings. The Hall–Kier alpha value is -1.96. The van der Waals surface area contributed by atoms with Crippen LogP contribution in [0, 0.1) is 0 Å². The largest absolute Gasteiger partial charge is 0.387 e. The molecule has 2 heterocycles. The zero-order valence-corrected chi connectivity index (χ0v) is 8.49. The molecule has 0 bridgehead atoms. The first-order chi connectivity index (χ1) is 8.16. The van der Waals surface area contributed by atoms with E-state index in [-0.39, 0.29) is 17.5 Å². The summed E-state index contributed by atoms with van der Waals surface area (Å²) in [6, 6.07) is 1.62. The first kappa shape index (κ1) is 11.5. The van der Waals surface area contributed by atoms with Crippen LogP contribution in [-0.4, -0.2) is 37.7 Å². The van der Waals surface area contributed by atoms with Gasteiger partial charge in [-0.25, -0.2) is 18.7 Å². The lowest BCUT2D eigenvalue weighted by molar-refractivity contribution is -0.00754. The van der Waals surface area contributed by atoms with Crippen LogP contribution in [-0.2, 0) is 6.42 Å². The fourth-order valence-corrected chi connectivity index (χ4v) is 1.11. The standard InChI is InChI=1S/C9H8F2N4O2/c10-7(11)5(16)4-6-14-9(15-17-6)8-12-2-1-3-13-8/h1-3,5,7,16H,4H2. The van der Waals surface area contributed by atoms with Crippen LogP contribution in [0.25, 0.3) is 11.6 Å². The van der Waals surface area contributed by atoms with Crippen molar-refractivity contribution < 1.29 is 18.4 Å². The van der Waals surface area contributed by atoms with Crippen molar-refractivity contribution in [1.29, 1.82) is 0 Å². The molecule has 0 aliphatic carbocycles. The molecule has 0 spiro atoms. The van der Waals surface area contributed by atoms with E-state index in [4.69, 9.17) is 9.63 Å². The zero-order chi connectivity index (χ0) is 12.3. The van der Waals surface area contributed by atoms with Crippen LogP contribution in [0.1, 0.15) is 5.89 Å². The molecular weight excluding hydrogens is 234 g/mol. The van der Waals surface area contributed by atoms with E-state index < -0.39 is 19.0 Å². The molecule has 2 rings (SSSR count). The number of rotatable bonds is 4. The van der Waals surface area contributed by atoms with Crippen molar-refractivity contribution in [3.63, 3.8) is 0 Å². The molecule has 0 saturated heterocycles. The lowest BCUT2D eigenvalue weighted by Gasteiger charge is -2.04. The summed E-state index contributed by atoms with van der Waals surface area (Å²) in [6.07, 6.45) is -2.09. The summed E-state index contributed by atoms with van der Waals surface area (Å²) in [5.41, 5.74) is 0. The first-order valence-electron chi connectivity index (χ1n) is 4.73. The van der Waals surface area contributed by atoms with Gasteiger partial charge < -0.3 is 9.63 Å². The van der Waals surface area contributed by atoms with E-state index in [1.165, 1.54) is 12.4 Å². The summed E-state index contributed by atoms with van der Waals surface area (Å²) in [5, 5.41) is 12.5. The van der Waals surface area contributed by atoms with Crippen LogP contribution in [0.2, 0.25) is 0 Å². The topological polar surface area (TPSA) is 84.9 Å². The molecule has 17 heavy (non-hydrogen) atoms. The smallest absolute Gasteiger partial charge is 0.264 e. The fourth-order valence-electron chi connectivity index (χ4n) is 1.11. The minimum Gasteiger partial charge on any atom is -0.387 e. The van der Waals surface area contributed by atoms with E-state index in [1.54, 1.807) is 6.07 Å². The van der Waals surface area contributed by atoms with E-state index in [0.717, 1.165) is 0 Å². The summed E-state index contributed by atoms with van der Waals surface area (Å²) in [4.78, 5) is 11.5. The average molecular weight is 242 g/mol. The lowest BCUT2D eigenvalue weighted by atomic mass is 10.2. The molecular formula is C9H8F2N4O2. The van der Waals surface area contributed by atoms with Crippen molar-refractivity contribution in [2.45, 2.75) is 19.0 Å². The summed E-state index contributed by atoms with van der Waals surface area (Å²) < 4.78 is 28.9. The molecule has 0 radical (unpaired) electrons. The highest BCUT2D eigenvalue weighted by Crippen LogP contribution is 2.12. The normalized spacial score (nSPS) is 12.9. The minimum atomic E-state index is -2.85. The maximum Gasteiger partial charge on any atom is 0.264 e. The molecule has 0 aliphatic rings. The van der Waals surface area contributed by atoms with Gasteiger partial charge in [-0.3, -0.25) is 0 Å². The molecule has 1 atom stereocenters. The van der Waals surface area contributed by atoms with Crippen LogP contribution in [0.5, 0.6) is 0 Å². The number of halogens is 2. The maximum absolute atomic E-state index is 12.1. The molecule has 0 aliphatic heterocycles. The molecule has 90 valence electrons. The van der Waals surface area contributed by atoms with Crippen LogP contribution in [0.15, 0.2) is 23.0 Å². The molecule has 0 amide bonds. The molecule has 2 aromatic heterocycles. The molecule has 0 aromatic carbocycles. The second kappa shape index (κ2) is 4.91. The molecule has 2 aromatic rings. The molecule has 0 saturated carbocycles. The molecule has 6 nitrogen and oxygen atoms in total. The van der Waals surface area contributed by atoms with Crippen molar-refractivity contribution in [3.8, 4) is 11.6 Å². The number of aliphatic hydroxyl groups excluding tert-OH is 1. The number of alkyl halides is 2. The van der Waals surface area contributed by atoms with E-state index >= 15 is 0 Å². The van der Waals surface area contributed by atoms with Gasteiger partial charge in [0.05, 0.1) is 6.42 Å².